The molecule has 0 radical (unpaired) electrons. The van der Waals surface area contributed by atoms with E-state index in [9.17, 15) is 0 Å². The minimum atomic E-state index is 0.0691. The van der Waals surface area contributed by atoms with Crippen LogP contribution in [0.2, 0.25) is 0 Å². The first-order valence-corrected chi connectivity index (χ1v) is 6.84. The fourth-order valence-electron chi connectivity index (χ4n) is 2.85. The predicted molar refractivity (Wildman–Crippen MR) is 70.9 cm³/mol. The fourth-order valence-corrected chi connectivity index (χ4v) is 2.85. The quantitative estimate of drug-likeness (QED) is 0.878. The van der Waals surface area contributed by atoms with Crippen LogP contribution in [0, 0.1) is 0 Å². The second-order valence-electron chi connectivity index (χ2n) is 5.26. The molecule has 3 heteroatoms. The molecule has 0 spiro atoms. The summed E-state index contributed by atoms with van der Waals surface area (Å²) in [5.41, 5.74) is 2.82. The van der Waals surface area contributed by atoms with Gasteiger partial charge in [0.1, 0.15) is 0 Å². The van der Waals surface area contributed by atoms with Crippen molar-refractivity contribution in [3.05, 3.63) is 35.4 Å². The largest absolute Gasteiger partial charge is 0.379 e. The predicted octanol–water partition coefficient (Wildman–Crippen LogP) is 1.51. The molecule has 0 amide bonds. The van der Waals surface area contributed by atoms with Crippen LogP contribution in [-0.4, -0.2) is 39.0 Å². The van der Waals surface area contributed by atoms with Gasteiger partial charge < -0.3 is 14.8 Å². The third kappa shape index (κ3) is 1.96. The zero-order valence-electron chi connectivity index (χ0n) is 10.9. The molecule has 3 nitrogen and oxygen atoms in total. The Bertz CT molecular complexity index is 391. The van der Waals surface area contributed by atoms with E-state index in [0.29, 0.717) is 0 Å². The van der Waals surface area contributed by atoms with Crippen molar-refractivity contribution in [2.24, 2.45) is 0 Å². The highest BCUT2D eigenvalue weighted by Gasteiger charge is 2.48. The van der Waals surface area contributed by atoms with Crippen molar-refractivity contribution in [3.63, 3.8) is 0 Å². The van der Waals surface area contributed by atoms with Crippen molar-refractivity contribution in [1.82, 2.24) is 5.32 Å². The Morgan fingerprint density at radius 3 is 2.56 bits per heavy atom. The lowest BCUT2D eigenvalue weighted by Crippen LogP contribution is -2.61. The molecule has 18 heavy (non-hydrogen) atoms. The average molecular weight is 247 g/mol. The summed E-state index contributed by atoms with van der Waals surface area (Å²) in [6, 6.07) is 8.95. The maximum absolute atomic E-state index is 5.95. The molecule has 2 aliphatic rings. The molecule has 1 N–H and O–H groups in total. The number of hydrogen-bond acceptors (Lipinski definition) is 3. The van der Waals surface area contributed by atoms with Crippen LogP contribution < -0.4 is 5.32 Å². The van der Waals surface area contributed by atoms with Gasteiger partial charge >= 0.3 is 0 Å². The van der Waals surface area contributed by atoms with Gasteiger partial charge in [-0.15, -0.1) is 0 Å². The second-order valence-corrected chi connectivity index (χ2v) is 5.26. The monoisotopic (exact) mass is 247 g/mol. The number of aryl methyl sites for hydroxylation is 1. The highest BCUT2D eigenvalue weighted by atomic mass is 16.5. The highest BCUT2D eigenvalue weighted by molar-refractivity contribution is 5.33. The fraction of sp³-hybridized carbons (Fsp3) is 0.600. The zero-order chi connectivity index (χ0) is 12.4. The van der Waals surface area contributed by atoms with Gasteiger partial charge in [-0.25, -0.2) is 0 Å². The smallest absolute Gasteiger partial charge is 0.0841 e. The minimum absolute atomic E-state index is 0.0691. The molecule has 1 atom stereocenters. The number of hydrogen-bond donors (Lipinski definition) is 1. The summed E-state index contributed by atoms with van der Waals surface area (Å²) in [6.07, 6.45) is 1.33. The van der Waals surface area contributed by atoms with Gasteiger partial charge in [0.15, 0.2) is 0 Å². The highest BCUT2D eigenvalue weighted by Crippen LogP contribution is 2.37. The van der Waals surface area contributed by atoms with Gasteiger partial charge in [-0.05, 0) is 17.5 Å². The molecular weight excluding hydrogens is 226 g/mol. The lowest BCUT2D eigenvalue weighted by Gasteiger charge is -2.48. The SMILES string of the molecule is CCc1ccc(C2(C3CNCCO3)COC2)cc1. The van der Waals surface area contributed by atoms with Crippen LogP contribution >= 0.6 is 0 Å². The van der Waals surface area contributed by atoms with Gasteiger partial charge in [0.25, 0.3) is 0 Å². The Kier molecular flexibility index (Phi) is 3.37. The van der Waals surface area contributed by atoms with Gasteiger partial charge in [0, 0.05) is 13.1 Å². The molecule has 1 aromatic carbocycles. The maximum Gasteiger partial charge on any atom is 0.0841 e. The normalized spacial score (nSPS) is 26.6. The van der Waals surface area contributed by atoms with Gasteiger partial charge in [0.2, 0.25) is 0 Å². The third-order valence-corrected chi connectivity index (χ3v) is 4.20. The van der Waals surface area contributed by atoms with Gasteiger partial charge in [0.05, 0.1) is 31.3 Å². The van der Waals surface area contributed by atoms with Crippen molar-refractivity contribution in [2.45, 2.75) is 24.9 Å². The molecule has 1 unspecified atom stereocenters. The maximum atomic E-state index is 5.95. The van der Waals surface area contributed by atoms with Gasteiger partial charge in [-0.2, -0.15) is 0 Å². The van der Waals surface area contributed by atoms with Crippen LogP contribution in [0.4, 0.5) is 0 Å². The molecule has 1 aromatic rings. The van der Waals surface area contributed by atoms with Crippen LogP contribution in [0.3, 0.4) is 0 Å². The topological polar surface area (TPSA) is 30.5 Å². The molecule has 0 aromatic heterocycles. The lowest BCUT2D eigenvalue weighted by atomic mass is 9.73. The van der Waals surface area contributed by atoms with Gasteiger partial charge in [-0.1, -0.05) is 31.2 Å². The molecule has 0 aliphatic carbocycles. The summed E-state index contributed by atoms with van der Waals surface area (Å²) in [6.45, 7) is 6.45. The van der Waals surface area contributed by atoms with Gasteiger partial charge in [-0.3, -0.25) is 0 Å². The van der Waals surface area contributed by atoms with Crippen molar-refractivity contribution >= 4 is 0 Å². The molecular formula is C15H21NO2. The summed E-state index contributed by atoms with van der Waals surface area (Å²) in [5.74, 6) is 0. The number of nitrogens with one attached hydrogen (secondary N) is 1. The van der Waals surface area contributed by atoms with E-state index >= 15 is 0 Å². The molecule has 3 rings (SSSR count). The van der Waals surface area contributed by atoms with Crippen LogP contribution in [0.1, 0.15) is 18.1 Å². The van der Waals surface area contributed by atoms with Crippen molar-refractivity contribution in [1.29, 1.82) is 0 Å². The van der Waals surface area contributed by atoms with Crippen LogP contribution in [0.5, 0.6) is 0 Å². The van der Waals surface area contributed by atoms with Crippen LogP contribution in [-0.2, 0) is 21.3 Å². The summed E-state index contributed by atoms with van der Waals surface area (Å²) in [4.78, 5) is 0. The number of benzene rings is 1. The Balaban J connectivity index is 1.85. The summed E-state index contributed by atoms with van der Waals surface area (Å²) in [5, 5.41) is 3.42. The zero-order valence-corrected chi connectivity index (χ0v) is 10.9. The van der Waals surface area contributed by atoms with Crippen molar-refractivity contribution < 1.29 is 9.47 Å². The minimum Gasteiger partial charge on any atom is -0.379 e. The number of morpholine rings is 1. The Hall–Kier alpha value is -0.900. The van der Waals surface area contributed by atoms with E-state index < -0.39 is 0 Å². The van der Waals surface area contributed by atoms with Crippen molar-refractivity contribution in [3.8, 4) is 0 Å². The number of rotatable bonds is 3. The number of ether oxygens (including phenoxy) is 2. The Morgan fingerprint density at radius 1 is 1.28 bits per heavy atom. The third-order valence-electron chi connectivity index (χ3n) is 4.20. The lowest BCUT2D eigenvalue weighted by molar-refractivity contribution is -0.146. The standard InChI is InChI=1S/C15H21NO2/c1-2-12-3-5-13(6-4-12)15(10-17-11-15)14-9-16-7-8-18-14/h3-6,14,16H,2,7-11H2,1H3. The second kappa shape index (κ2) is 5.00. The van der Waals surface area contributed by atoms with E-state index in [1.807, 2.05) is 0 Å². The summed E-state index contributed by atoms with van der Waals surface area (Å²) >= 11 is 0. The van der Waals surface area contributed by atoms with Crippen LogP contribution in [0.15, 0.2) is 24.3 Å². The molecule has 2 aliphatic heterocycles. The van der Waals surface area contributed by atoms with Crippen molar-refractivity contribution in [2.75, 3.05) is 32.9 Å². The average Bonchev–Trinajstić information content (AvgIpc) is 2.40. The molecule has 98 valence electrons. The van der Waals surface area contributed by atoms with Crippen LogP contribution in [0.25, 0.3) is 0 Å². The Morgan fingerprint density at radius 2 is 2.06 bits per heavy atom. The first kappa shape index (κ1) is 12.2. The Labute approximate surface area is 108 Å². The summed E-state index contributed by atoms with van der Waals surface area (Å²) in [7, 11) is 0. The molecule has 0 saturated carbocycles. The molecule has 0 bridgehead atoms. The first-order chi connectivity index (χ1) is 8.85. The van der Waals surface area contributed by atoms with E-state index in [1.165, 1.54) is 11.1 Å². The molecule has 2 saturated heterocycles. The van der Waals surface area contributed by atoms with E-state index in [-0.39, 0.29) is 11.5 Å². The van der Waals surface area contributed by atoms with E-state index in [0.717, 1.165) is 39.3 Å². The van der Waals surface area contributed by atoms with E-state index in [4.69, 9.17) is 9.47 Å². The molecule has 2 heterocycles. The first-order valence-electron chi connectivity index (χ1n) is 6.84. The molecule has 2 fully saturated rings. The van der Waals surface area contributed by atoms with E-state index in [2.05, 4.69) is 36.5 Å². The summed E-state index contributed by atoms with van der Waals surface area (Å²) < 4.78 is 11.4. The van der Waals surface area contributed by atoms with E-state index in [1.54, 1.807) is 0 Å².